The SMILES string of the molecule is Cc1[c]n[nH]c1C(=O)NCCN. The van der Waals surface area contributed by atoms with E-state index in [4.69, 9.17) is 5.73 Å². The molecule has 1 rings (SSSR count). The van der Waals surface area contributed by atoms with Crippen LogP contribution in [0.15, 0.2) is 0 Å². The number of amides is 1. The number of hydrogen-bond acceptors (Lipinski definition) is 3. The zero-order chi connectivity index (χ0) is 8.97. The molecule has 0 atom stereocenters. The fourth-order valence-electron chi connectivity index (χ4n) is 0.803. The molecule has 0 bridgehead atoms. The number of rotatable bonds is 3. The van der Waals surface area contributed by atoms with Gasteiger partial charge in [0.15, 0.2) is 0 Å². The summed E-state index contributed by atoms with van der Waals surface area (Å²) >= 11 is 0. The summed E-state index contributed by atoms with van der Waals surface area (Å²) in [7, 11) is 0. The topological polar surface area (TPSA) is 83.8 Å². The van der Waals surface area contributed by atoms with Gasteiger partial charge < -0.3 is 11.1 Å². The summed E-state index contributed by atoms with van der Waals surface area (Å²) in [6.07, 6.45) is 2.63. The van der Waals surface area contributed by atoms with Crippen molar-refractivity contribution < 1.29 is 4.79 Å². The van der Waals surface area contributed by atoms with Crippen molar-refractivity contribution in [3.05, 3.63) is 17.5 Å². The van der Waals surface area contributed by atoms with Gasteiger partial charge in [0.1, 0.15) is 11.9 Å². The number of nitrogens with one attached hydrogen (secondary N) is 2. The van der Waals surface area contributed by atoms with Crippen LogP contribution in [0.2, 0.25) is 0 Å². The Bertz CT molecular complexity index is 268. The van der Waals surface area contributed by atoms with E-state index in [2.05, 4.69) is 21.7 Å². The zero-order valence-electron chi connectivity index (χ0n) is 6.85. The summed E-state index contributed by atoms with van der Waals surface area (Å²) in [6.45, 7) is 2.67. The maximum Gasteiger partial charge on any atom is 0.269 e. The van der Waals surface area contributed by atoms with Crippen molar-refractivity contribution in [3.8, 4) is 0 Å². The van der Waals surface area contributed by atoms with Crippen LogP contribution in [-0.4, -0.2) is 29.2 Å². The van der Waals surface area contributed by atoms with Gasteiger partial charge in [0.25, 0.3) is 5.91 Å². The minimum atomic E-state index is -0.188. The molecule has 65 valence electrons. The number of aromatic nitrogens is 2. The first kappa shape index (κ1) is 8.73. The number of carbonyl (C=O) groups is 1. The van der Waals surface area contributed by atoms with Gasteiger partial charge in [-0.1, -0.05) is 0 Å². The van der Waals surface area contributed by atoms with E-state index in [0.29, 0.717) is 24.3 Å². The second-order valence-electron chi connectivity index (χ2n) is 2.38. The van der Waals surface area contributed by atoms with Crippen LogP contribution in [0.3, 0.4) is 0 Å². The molecule has 0 unspecified atom stereocenters. The lowest BCUT2D eigenvalue weighted by Gasteiger charge is -2.00. The van der Waals surface area contributed by atoms with Crippen molar-refractivity contribution in [1.29, 1.82) is 0 Å². The Kier molecular flexibility index (Phi) is 2.82. The number of aromatic amines is 1. The van der Waals surface area contributed by atoms with E-state index >= 15 is 0 Å². The largest absolute Gasteiger partial charge is 0.349 e. The van der Waals surface area contributed by atoms with Crippen molar-refractivity contribution in [3.63, 3.8) is 0 Å². The molecule has 0 aromatic carbocycles. The van der Waals surface area contributed by atoms with Crippen LogP contribution in [0.25, 0.3) is 0 Å². The number of hydrogen-bond donors (Lipinski definition) is 3. The van der Waals surface area contributed by atoms with Crippen molar-refractivity contribution in [1.82, 2.24) is 15.5 Å². The Morgan fingerprint density at radius 3 is 3.08 bits per heavy atom. The molecule has 1 amide bonds. The average molecular weight is 167 g/mol. The van der Waals surface area contributed by atoms with Gasteiger partial charge >= 0.3 is 0 Å². The molecule has 1 aromatic heterocycles. The molecule has 0 aliphatic rings. The van der Waals surface area contributed by atoms with E-state index in [1.165, 1.54) is 0 Å². The third-order valence-electron chi connectivity index (χ3n) is 1.42. The lowest BCUT2D eigenvalue weighted by atomic mass is 10.2. The van der Waals surface area contributed by atoms with Crippen molar-refractivity contribution >= 4 is 5.91 Å². The molecule has 0 saturated carbocycles. The third-order valence-corrected chi connectivity index (χ3v) is 1.42. The Morgan fingerprint density at radius 1 is 1.83 bits per heavy atom. The third kappa shape index (κ3) is 1.82. The van der Waals surface area contributed by atoms with Gasteiger partial charge in [-0.25, -0.2) is 0 Å². The summed E-state index contributed by atoms with van der Waals surface area (Å²) in [5.74, 6) is -0.188. The smallest absolute Gasteiger partial charge is 0.269 e. The number of aryl methyl sites for hydroxylation is 1. The van der Waals surface area contributed by atoms with Gasteiger partial charge in [0, 0.05) is 18.7 Å². The Balaban J connectivity index is 2.59. The molecule has 0 spiro atoms. The number of nitrogens with two attached hydrogens (primary N) is 1. The Labute approximate surface area is 70.3 Å². The molecule has 1 heterocycles. The molecule has 1 aromatic rings. The van der Waals surface area contributed by atoms with E-state index in [1.54, 1.807) is 6.92 Å². The molecule has 1 radical (unpaired) electrons. The summed E-state index contributed by atoms with van der Waals surface area (Å²) in [5, 5.41) is 8.78. The number of carbonyl (C=O) groups excluding carboxylic acids is 1. The molecular formula is C7H11N4O. The minimum absolute atomic E-state index is 0.188. The predicted molar refractivity (Wildman–Crippen MR) is 43.5 cm³/mol. The summed E-state index contributed by atoms with van der Waals surface area (Å²) in [6, 6.07) is 0. The van der Waals surface area contributed by atoms with Crippen molar-refractivity contribution in [2.45, 2.75) is 6.92 Å². The summed E-state index contributed by atoms with van der Waals surface area (Å²) in [4.78, 5) is 11.2. The molecule has 0 fully saturated rings. The van der Waals surface area contributed by atoms with E-state index in [9.17, 15) is 4.79 Å². The first-order valence-corrected chi connectivity index (χ1v) is 3.66. The fourth-order valence-corrected chi connectivity index (χ4v) is 0.803. The van der Waals surface area contributed by atoms with Crippen LogP contribution in [-0.2, 0) is 0 Å². The second kappa shape index (κ2) is 3.87. The van der Waals surface area contributed by atoms with Crippen LogP contribution in [0.1, 0.15) is 16.1 Å². The summed E-state index contributed by atoms with van der Waals surface area (Å²) in [5.41, 5.74) is 6.38. The van der Waals surface area contributed by atoms with Crippen molar-refractivity contribution in [2.24, 2.45) is 5.73 Å². The Hall–Kier alpha value is -1.36. The van der Waals surface area contributed by atoms with Crippen LogP contribution >= 0.6 is 0 Å². The van der Waals surface area contributed by atoms with Gasteiger partial charge in [-0.05, 0) is 6.92 Å². The molecule has 12 heavy (non-hydrogen) atoms. The van der Waals surface area contributed by atoms with Crippen molar-refractivity contribution in [2.75, 3.05) is 13.1 Å². The highest BCUT2D eigenvalue weighted by Crippen LogP contribution is 1.99. The van der Waals surface area contributed by atoms with Crippen LogP contribution in [0, 0.1) is 13.1 Å². The average Bonchev–Trinajstić information content (AvgIpc) is 2.47. The molecule has 0 aliphatic heterocycles. The standard InChI is InChI=1S/C7H11N4O/c1-5-4-10-11-6(5)7(12)9-3-2-8/h2-3,8H2,1H3,(H,9,12)(H,10,11). The highest BCUT2D eigenvalue weighted by atomic mass is 16.1. The number of nitrogens with zero attached hydrogens (tertiary/aromatic N) is 1. The second-order valence-corrected chi connectivity index (χ2v) is 2.38. The lowest BCUT2D eigenvalue weighted by Crippen LogP contribution is -2.29. The van der Waals surface area contributed by atoms with E-state index in [-0.39, 0.29) is 5.91 Å². The van der Waals surface area contributed by atoms with E-state index < -0.39 is 0 Å². The van der Waals surface area contributed by atoms with Gasteiger partial charge in [-0.2, -0.15) is 5.10 Å². The molecule has 5 heteroatoms. The van der Waals surface area contributed by atoms with Crippen LogP contribution < -0.4 is 11.1 Å². The first-order chi connectivity index (χ1) is 5.75. The minimum Gasteiger partial charge on any atom is -0.349 e. The molecule has 0 saturated heterocycles. The first-order valence-electron chi connectivity index (χ1n) is 3.66. The van der Waals surface area contributed by atoms with Crippen LogP contribution in [0.4, 0.5) is 0 Å². The fraction of sp³-hybridized carbons (Fsp3) is 0.429. The maximum absolute atomic E-state index is 11.2. The highest BCUT2D eigenvalue weighted by Gasteiger charge is 2.09. The quantitative estimate of drug-likeness (QED) is 0.551. The predicted octanol–water partition coefficient (Wildman–Crippen LogP) is -0.793. The molecule has 0 aliphatic carbocycles. The summed E-state index contributed by atoms with van der Waals surface area (Å²) < 4.78 is 0. The van der Waals surface area contributed by atoms with Gasteiger partial charge in [-0.3, -0.25) is 9.89 Å². The molecular weight excluding hydrogens is 156 g/mol. The monoisotopic (exact) mass is 167 g/mol. The lowest BCUT2D eigenvalue weighted by molar-refractivity contribution is 0.0949. The van der Waals surface area contributed by atoms with Crippen LogP contribution in [0.5, 0.6) is 0 Å². The van der Waals surface area contributed by atoms with Gasteiger partial charge in [0.2, 0.25) is 0 Å². The Morgan fingerprint density at radius 2 is 2.58 bits per heavy atom. The molecule has 5 nitrogen and oxygen atoms in total. The van der Waals surface area contributed by atoms with E-state index in [1.807, 2.05) is 0 Å². The normalized spacial score (nSPS) is 9.83. The number of H-pyrrole nitrogens is 1. The molecule has 4 N–H and O–H groups in total. The highest BCUT2D eigenvalue weighted by molar-refractivity contribution is 5.93. The zero-order valence-corrected chi connectivity index (χ0v) is 6.85. The van der Waals surface area contributed by atoms with Gasteiger partial charge in [-0.15, -0.1) is 0 Å². The van der Waals surface area contributed by atoms with Gasteiger partial charge in [0.05, 0.1) is 0 Å². The maximum atomic E-state index is 11.2. The van der Waals surface area contributed by atoms with E-state index in [0.717, 1.165) is 0 Å².